The van der Waals surface area contributed by atoms with Gasteiger partial charge in [-0.2, -0.15) is 5.10 Å². The molecule has 2 rings (SSSR count). The fourth-order valence-electron chi connectivity index (χ4n) is 2.00. The van der Waals surface area contributed by atoms with Crippen molar-refractivity contribution < 1.29 is 9.53 Å². The lowest BCUT2D eigenvalue weighted by Gasteiger charge is -2.15. The number of hydrogen-bond acceptors (Lipinski definition) is 4. The van der Waals surface area contributed by atoms with Crippen molar-refractivity contribution in [3.63, 3.8) is 0 Å². The smallest absolute Gasteiger partial charge is 0.152 e. The molecule has 1 aromatic carbocycles. The molecule has 0 spiro atoms. The van der Waals surface area contributed by atoms with Crippen molar-refractivity contribution in [2.75, 3.05) is 11.9 Å². The Bertz CT molecular complexity index is 716. The van der Waals surface area contributed by atoms with Crippen molar-refractivity contribution >= 4 is 53.3 Å². The summed E-state index contributed by atoms with van der Waals surface area (Å²) in [5, 5.41) is 7.95. The lowest BCUT2D eigenvalue weighted by Crippen LogP contribution is -2.22. The lowest BCUT2D eigenvalue weighted by molar-refractivity contribution is 0.0786. The van der Waals surface area contributed by atoms with Gasteiger partial charge < -0.3 is 10.1 Å². The van der Waals surface area contributed by atoms with Crippen LogP contribution in [0.4, 0.5) is 11.4 Å². The molecule has 0 aliphatic rings. The van der Waals surface area contributed by atoms with Gasteiger partial charge in [0.1, 0.15) is 6.73 Å². The van der Waals surface area contributed by atoms with E-state index in [1.807, 2.05) is 6.20 Å². The first-order valence-corrected chi connectivity index (χ1v) is 12.5. The Morgan fingerprint density at radius 1 is 1.42 bits per heavy atom. The molecule has 8 heteroatoms. The van der Waals surface area contributed by atoms with Crippen LogP contribution in [0.5, 0.6) is 0 Å². The van der Waals surface area contributed by atoms with Crippen LogP contribution in [0.2, 0.25) is 30.7 Å². The van der Waals surface area contributed by atoms with Gasteiger partial charge in [-0.3, -0.25) is 4.79 Å². The minimum absolute atomic E-state index is 0.411. The predicted octanol–water partition coefficient (Wildman–Crippen LogP) is 5.17. The van der Waals surface area contributed by atoms with Crippen LogP contribution in [0.1, 0.15) is 10.4 Å². The van der Waals surface area contributed by atoms with E-state index in [2.05, 4.69) is 46.0 Å². The second-order valence-electron chi connectivity index (χ2n) is 6.71. The summed E-state index contributed by atoms with van der Waals surface area (Å²) in [6, 6.07) is 4.48. The molecular formula is C16H21BrClN3O2Si. The number of carbonyl (C=O) groups is 1. The summed E-state index contributed by atoms with van der Waals surface area (Å²) in [5.41, 5.74) is 1.91. The van der Waals surface area contributed by atoms with Crippen molar-refractivity contribution in [1.82, 2.24) is 9.78 Å². The normalized spacial score (nSPS) is 11.5. The molecule has 24 heavy (non-hydrogen) atoms. The summed E-state index contributed by atoms with van der Waals surface area (Å²) in [4.78, 5) is 11.2. The summed E-state index contributed by atoms with van der Waals surface area (Å²) in [7, 11) is -1.08. The molecule has 0 radical (unpaired) electrons. The predicted molar refractivity (Wildman–Crippen MR) is 104 cm³/mol. The third-order valence-electron chi connectivity index (χ3n) is 3.34. The maximum atomic E-state index is 11.2. The molecule has 1 heterocycles. The van der Waals surface area contributed by atoms with Crippen molar-refractivity contribution in [3.05, 3.63) is 39.6 Å². The average molecular weight is 431 g/mol. The molecule has 0 fully saturated rings. The molecule has 0 atom stereocenters. The van der Waals surface area contributed by atoms with E-state index in [1.165, 1.54) is 0 Å². The molecule has 5 nitrogen and oxygen atoms in total. The molecule has 0 bridgehead atoms. The van der Waals surface area contributed by atoms with Gasteiger partial charge in [-0.25, -0.2) is 4.68 Å². The van der Waals surface area contributed by atoms with Crippen LogP contribution in [0.15, 0.2) is 29.0 Å². The maximum absolute atomic E-state index is 11.2. The molecule has 2 aromatic rings. The van der Waals surface area contributed by atoms with Crippen LogP contribution in [-0.2, 0) is 11.5 Å². The fraction of sp³-hybridized carbons (Fsp3) is 0.375. The third kappa shape index (κ3) is 5.73. The number of carbonyl (C=O) groups excluding carboxylic acids is 1. The van der Waals surface area contributed by atoms with Gasteiger partial charge in [0.05, 0.1) is 23.8 Å². The van der Waals surface area contributed by atoms with Gasteiger partial charge >= 0.3 is 0 Å². The van der Waals surface area contributed by atoms with Gasteiger partial charge in [-0.15, -0.1) is 0 Å². The number of rotatable bonds is 8. The molecule has 0 saturated carbocycles. The van der Waals surface area contributed by atoms with Crippen LogP contribution in [0.25, 0.3) is 0 Å². The first kappa shape index (κ1) is 19.2. The Kier molecular flexibility index (Phi) is 6.62. The monoisotopic (exact) mass is 429 g/mol. The van der Waals surface area contributed by atoms with E-state index in [1.54, 1.807) is 23.0 Å². The SMILES string of the molecule is C[Si](C)(C)CCOCn1cc(Nc2c(Br)cc(Cl)cc2C=O)cn1. The van der Waals surface area contributed by atoms with Crippen LogP contribution >= 0.6 is 27.5 Å². The molecule has 0 aliphatic heterocycles. The second-order valence-corrected chi connectivity index (χ2v) is 13.6. The Morgan fingerprint density at radius 3 is 2.83 bits per heavy atom. The summed E-state index contributed by atoms with van der Waals surface area (Å²) in [5.74, 6) is 0. The zero-order valence-electron chi connectivity index (χ0n) is 14.0. The van der Waals surface area contributed by atoms with Gasteiger partial charge in [-0.1, -0.05) is 31.2 Å². The van der Waals surface area contributed by atoms with Crippen LogP contribution in [0.3, 0.4) is 0 Å². The van der Waals surface area contributed by atoms with Crippen LogP contribution < -0.4 is 5.32 Å². The van der Waals surface area contributed by atoms with E-state index in [9.17, 15) is 4.79 Å². The van der Waals surface area contributed by atoms with Crippen molar-refractivity contribution in [2.24, 2.45) is 0 Å². The Labute approximate surface area is 156 Å². The van der Waals surface area contributed by atoms with Gasteiger partial charge in [0.2, 0.25) is 0 Å². The van der Waals surface area contributed by atoms with Crippen LogP contribution in [-0.4, -0.2) is 30.7 Å². The minimum Gasteiger partial charge on any atom is -0.360 e. The topological polar surface area (TPSA) is 56.1 Å². The number of aldehydes is 1. The zero-order chi connectivity index (χ0) is 17.7. The van der Waals surface area contributed by atoms with E-state index in [4.69, 9.17) is 16.3 Å². The molecule has 130 valence electrons. The number of nitrogens with zero attached hydrogens (tertiary/aromatic N) is 2. The van der Waals surface area contributed by atoms with Gasteiger partial charge in [0.15, 0.2) is 6.29 Å². The highest BCUT2D eigenvalue weighted by Gasteiger charge is 2.12. The quantitative estimate of drug-likeness (QED) is 0.357. The summed E-state index contributed by atoms with van der Waals surface area (Å²) < 4.78 is 8.11. The Hall–Kier alpha value is -1.15. The van der Waals surface area contributed by atoms with Crippen molar-refractivity contribution in [1.29, 1.82) is 0 Å². The lowest BCUT2D eigenvalue weighted by atomic mass is 10.2. The van der Waals surface area contributed by atoms with E-state index in [0.29, 0.717) is 23.0 Å². The minimum atomic E-state index is -1.08. The number of benzene rings is 1. The highest BCUT2D eigenvalue weighted by molar-refractivity contribution is 9.10. The van der Waals surface area contributed by atoms with E-state index in [0.717, 1.165) is 29.1 Å². The van der Waals surface area contributed by atoms with E-state index < -0.39 is 8.07 Å². The summed E-state index contributed by atoms with van der Waals surface area (Å²) in [6.45, 7) is 8.12. The first-order chi connectivity index (χ1) is 11.3. The first-order valence-electron chi connectivity index (χ1n) is 7.60. The standard InChI is InChI=1S/C16H21BrClN3O2Si/c1-24(2,3)5-4-23-11-21-9-14(8-19-21)20-16-12(10-22)6-13(18)7-15(16)17/h6-10,20H,4-5,11H2,1-3H3. The molecule has 0 unspecified atom stereocenters. The molecular weight excluding hydrogens is 410 g/mol. The van der Waals surface area contributed by atoms with Crippen LogP contribution in [0, 0.1) is 0 Å². The highest BCUT2D eigenvalue weighted by Crippen LogP contribution is 2.31. The number of aromatic nitrogens is 2. The highest BCUT2D eigenvalue weighted by atomic mass is 79.9. The van der Waals surface area contributed by atoms with E-state index >= 15 is 0 Å². The van der Waals surface area contributed by atoms with Gasteiger partial charge in [0, 0.05) is 29.7 Å². The second kappa shape index (κ2) is 8.29. The molecule has 1 N–H and O–H groups in total. The number of nitrogens with one attached hydrogen (secondary N) is 1. The van der Waals surface area contributed by atoms with Crippen molar-refractivity contribution in [3.8, 4) is 0 Å². The Morgan fingerprint density at radius 2 is 2.17 bits per heavy atom. The number of anilines is 2. The number of hydrogen-bond donors (Lipinski definition) is 1. The molecule has 1 aromatic heterocycles. The van der Waals surface area contributed by atoms with Gasteiger partial charge in [0.25, 0.3) is 0 Å². The number of ether oxygens (including phenoxy) is 1. The molecule has 0 amide bonds. The van der Waals surface area contributed by atoms with Gasteiger partial charge in [-0.05, 0) is 34.1 Å². The maximum Gasteiger partial charge on any atom is 0.152 e. The fourth-order valence-corrected chi connectivity index (χ4v) is 3.69. The van der Waals surface area contributed by atoms with E-state index in [-0.39, 0.29) is 0 Å². The third-order valence-corrected chi connectivity index (χ3v) is 5.88. The summed E-state index contributed by atoms with van der Waals surface area (Å²) >= 11 is 9.38. The molecule has 0 aliphatic carbocycles. The zero-order valence-corrected chi connectivity index (χ0v) is 17.3. The Balaban J connectivity index is 1.98. The van der Waals surface area contributed by atoms with Crippen molar-refractivity contribution in [2.45, 2.75) is 32.4 Å². The molecule has 0 saturated heterocycles. The summed E-state index contributed by atoms with van der Waals surface area (Å²) in [6.07, 6.45) is 4.30. The number of halogens is 2. The largest absolute Gasteiger partial charge is 0.360 e. The average Bonchev–Trinajstić information content (AvgIpc) is 2.93.